The van der Waals surface area contributed by atoms with Crippen LogP contribution in [-0.4, -0.2) is 45.7 Å². The van der Waals surface area contributed by atoms with E-state index in [0.717, 1.165) is 61.9 Å². The summed E-state index contributed by atoms with van der Waals surface area (Å²) in [6.07, 6.45) is 4.21. The molecule has 0 unspecified atom stereocenters. The van der Waals surface area contributed by atoms with Crippen LogP contribution in [0.4, 0.5) is 0 Å². The SMILES string of the molecule is Cc1nc(C2CCN(C(=O)c3ccc([C@H]4CCCO4)s3)CC2)n[nH]1. The number of carbonyl (C=O) groups excluding carboxylic acids is 1. The maximum atomic E-state index is 12.7. The third-order valence-corrected chi connectivity index (χ3v) is 6.01. The van der Waals surface area contributed by atoms with E-state index in [-0.39, 0.29) is 12.0 Å². The molecule has 0 saturated carbocycles. The lowest BCUT2D eigenvalue weighted by Crippen LogP contribution is -2.37. The Bertz CT molecular complexity index is 712. The van der Waals surface area contributed by atoms with Crippen molar-refractivity contribution in [3.05, 3.63) is 33.5 Å². The lowest BCUT2D eigenvalue weighted by Gasteiger charge is -2.30. The summed E-state index contributed by atoms with van der Waals surface area (Å²) in [6.45, 7) is 4.28. The van der Waals surface area contributed by atoms with Crippen LogP contribution in [0.5, 0.6) is 0 Å². The van der Waals surface area contributed by atoms with Crippen molar-refractivity contribution in [1.82, 2.24) is 20.1 Å². The molecule has 2 aromatic heterocycles. The van der Waals surface area contributed by atoms with Crippen LogP contribution in [0.2, 0.25) is 0 Å². The van der Waals surface area contributed by atoms with Gasteiger partial charge in [-0.25, -0.2) is 4.98 Å². The molecule has 2 aromatic rings. The molecule has 0 aromatic carbocycles. The Hall–Kier alpha value is -1.73. The Morgan fingerprint density at radius 2 is 2.17 bits per heavy atom. The molecule has 2 aliphatic rings. The summed E-state index contributed by atoms with van der Waals surface area (Å²) in [6, 6.07) is 4.01. The zero-order valence-electron chi connectivity index (χ0n) is 13.8. The zero-order valence-corrected chi connectivity index (χ0v) is 14.6. The predicted octanol–water partition coefficient (Wildman–Crippen LogP) is 3.05. The van der Waals surface area contributed by atoms with Crippen molar-refractivity contribution in [3.8, 4) is 0 Å². The highest BCUT2D eigenvalue weighted by molar-refractivity contribution is 7.14. The van der Waals surface area contributed by atoms with Crippen LogP contribution in [0.25, 0.3) is 0 Å². The van der Waals surface area contributed by atoms with Gasteiger partial charge in [0.25, 0.3) is 5.91 Å². The molecular weight excluding hydrogens is 324 g/mol. The van der Waals surface area contributed by atoms with Gasteiger partial charge in [-0.05, 0) is 44.7 Å². The number of nitrogens with zero attached hydrogens (tertiary/aromatic N) is 3. The average Bonchev–Trinajstić information content (AvgIpc) is 3.35. The maximum absolute atomic E-state index is 12.7. The van der Waals surface area contributed by atoms with E-state index in [9.17, 15) is 4.79 Å². The predicted molar refractivity (Wildman–Crippen MR) is 91.2 cm³/mol. The minimum absolute atomic E-state index is 0.147. The van der Waals surface area contributed by atoms with E-state index in [4.69, 9.17) is 4.74 Å². The second-order valence-corrected chi connectivity index (χ2v) is 7.66. The van der Waals surface area contributed by atoms with Gasteiger partial charge in [0, 0.05) is 30.5 Å². The van der Waals surface area contributed by atoms with Gasteiger partial charge in [0.05, 0.1) is 11.0 Å². The van der Waals surface area contributed by atoms with Gasteiger partial charge in [0.2, 0.25) is 0 Å². The number of amides is 1. The fourth-order valence-electron chi connectivity index (χ4n) is 3.48. The highest BCUT2D eigenvalue weighted by atomic mass is 32.1. The first-order chi connectivity index (χ1) is 11.7. The van der Waals surface area contributed by atoms with Crippen LogP contribution in [0.1, 0.15) is 63.9 Å². The average molecular weight is 346 g/mol. The Morgan fingerprint density at radius 3 is 2.83 bits per heavy atom. The summed E-state index contributed by atoms with van der Waals surface area (Å²) >= 11 is 1.59. The smallest absolute Gasteiger partial charge is 0.263 e. The molecule has 4 heterocycles. The molecule has 4 rings (SSSR count). The molecule has 2 aliphatic heterocycles. The molecule has 1 atom stereocenters. The molecule has 24 heavy (non-hydrogen) atoms. The van der Waals surface area contributed by atoms with Crippen LogP contribution >= 0.6 is 11.3 Å². The topological polar surface area (TPSA) is 71.1 Å². The summed E-state index contributed by atoms with van der Waals surface area (Å²) in [5, 5.41) is 7.17. The number of carbonyl (C=O) groups is 1. The molecule has 1 N–H and O–H groups in total. The number of aromatic amines is 1. The van der Waals surface area contributed by atoms with Crippen molar-refractivity contribution in [2.75, 3.05) is 19.7 Å². The minimum Gasteiger partial charge on any atom is -0.373 e. The monoisotopic (exact) mass is 346 g/mol. The molecule has 0 bridgehead atoms. The van der Waals surface area contributed by atoms with Crippen LogP contribution in [0.3, 0.4) is 0 Å². The molecule has 0 spiro atoms. The second-order valence-electron chi connectivity index (χ2n) is 6.55. The first-order valence-electron chi connectivity index (χ1n) is 8.60. The molecule has 2 fully saturated rings. The van der Waals surface area contributed by atoms with Gasteiger partial charge in [0.15, 0.2) is 5.82 Å². The number of piperidine rings is 1. The number of aromatic nitrogens is 3. The van der Waals surface area contributed by atoms with Gasteiger partial charge in [0.1, 0.15) is 5.82 Å². The fourth-order valence-corrected chi connectivity index (χ4v) is 4.54. The van der Waals surface area contributed by atoms with E-state index in [1.165, 1.54) is 4.88 Å². The number of likely N-dealkylation sites (tertiary alicyclic amines) is 1. The van der Waals surface area contributed by atoms with Crippen LogP contribution in [0.15, 0.2) is 12.1 Å². The highest BCUT2D eigenvalue weighted by Gasteiger charge is 2.28. The Balaban J connectivity index is 1.37. The standard InChI is InChI=1S/C17H22N4O2S/c1-11-18-16(20-19-11)12-6-8-21(9-7-12)17(22)15-5-4-14(24-15)13-3-2-10-23-13/h4-5,12-13H,2-3,6-10H2,1H3,(H,18,19,20)/t13-/m1/s1. The Morgan fingerprint density at radius 1 is 1.33 bits per heavy atom. The van der Waals surface area contributed by atoms with Crippen molar-refractivity contribution in [2.24, 2.45) is 0 Å². The number of aryl methyl sites for hydroxylation is 1. The van der Waals surface area contributed by atoms with E-state index < -0.39 is 0 Å². The molecule has 0 aliphatic carbocycles. The van der Waals surface area contributed by atoms with E-state index in [0.29, 0.717) is 5.92 Å². The number of nitrogens with one attached hydrogen (secondary N) is 1. The number of rotatable bonds is 3. The number of H-pyrrole nitrogens is 1. The van der Waals surface area contributed by atoms with E-state index in [1.807, 2.05) is 17.9 Å². The molecule has 0 radical (unpaired) electrons. The zero-order chi connectivity index (χ0) is 16.5. The van der Waals surface area contributed by atoms with Crippen LogP contribution in [0, 0.1) is 6.92 Å². The second kappa shape index (κ2) is 6.64. The van der Waals surface area contributed by atoms with Gasteiger partial charge in [-0.1, -0.05) is 0 Å². The van der Waals surface area contributed by atoms with Crippen molar-refractivity contribution in [1.29, 1.82) is 0 Å². The van der Waals surface area contributed by atoms with Crippen LogP contribution < -0.4 is 0 Å². The summed E-state index contributed by atoms with van der Waals surface area (Å²) in [7, 11) is 0. The van der Waals surface area contributed by atoms with Crippen molar-refractivity contribution < 1.29 is 9.53 Å². The quantitative estimate of drug-likeness (QED) is 0.927. The van der Waals surface area contributed by atoms with Gasteiger partial charge in [-0.3, -0.25) is 9.89 Å². The maximum Gasteiger partial charge on any atom is 0.263 e. The summed E-state index contributed by atoms with van der Waals surface area (Å²) < 4.78 is 5.71. The number of hydrogen-bond acceptors (Lipinski definition) is 5. The number of hydrogen-bond donors (Lipinski definition) is 1. The van der Waals surface area contributed by atoms with E-state index in [2.05, 4.69) is 21.2 Å². The number of ether oxygens (including phenoxy) is 1. The molecule has 2 saturated heterocycles. The molecule has 6 nitrogen and oxygen atoms in total. The normalized spacial score (nSPS) is 22.2. The molecular formula is C17H22N4O2S. The molecule has 7 heteroatoms. The van der Waals surface area contributed by atoms with Crippen molar-refractivity contribution >= 4 is 17.2 Å². The van der Waals surface area contributed by atoms with E-state index in [1.54, 1.807) is 11.3 Å². The summed E-state index contributed by atoms with van der Waals surface area (Å²) in [4.78, 5) is 21.1. The first-order valence-corrected chi connectivity index (χ1v) is 9.42. The molecule has 1 amide bonds. The third-order valence-electron chi connectivity index (χ3n) is 4.85. The summed E-state index contributed by atoms with van der Waals surface area (Å²) in [5.41, 5.74) is 0. The lowest BCUT2D eigenvalue weighted by atomic mass is 9.96. The van der Waals surface area contributed by atoms with E-state index >= 15 is 0 Å². The summed E-state index contributed by atoms with van der Waals surface area (Å²) in [5.74, 6) is 2.23. The van der Waals surface area contributed by atoms with Crippen molar-refractivity contribution in [3.63, 3.8) is 0 Å². The largest absolute Gasteiger partial charge is 0.373 e. The van der Waals surface area contributed by atoms with Crippen LogP contribution in [-0.2, 0) is 4.74 Å². The van der Waals surface area contributed by atoms with Gasteiger partial charge in [-0.15, -0.1) is 11.3 Å². The highest BCUT2D eigenvalue weighted by Crippen LogP contribution is 2.34. The third kappa shape index (κ3) is 3.10. The van der Waals surface area contributed by atoms with Gasteiger partial charge < -0.3 is 9.64 Å². The Kier molecular flexibility index (Phi) is 4.37. The first kappa shape index (κ1) is 15.8. The van der Waals surface area contributed by atoms with Gasteiger partial charge >= 0.3 is 0 Å². The number of thiophene rings is 1. The minimum atomic E-state index is 0.147. The van der Waals surface area contributed by atoms with Gasteiger partial charge in [-0.2, -0.15) is 5.10 Å². The Labute approximate surface area is 145 Å². The lowest BCUT2D eigenvalue weighted by molar-refractivity contribution is 0.0716. The van der Waals surface area contributed by atoms with Crippen molar-refractivity contribution in [2.45, 2.75) is 44.6 Å². The molecule has 128 valence electrons. The fraction of sp³-hybridized carbons (Fsp3) is 0.588.